The van der Waals surface area contributed by atoms with Crippen molar-refractivity contribution in [2.45, 2.75) is 26.4 Å². The molecule has 158 valence electrons. The third-order valence-electron chi connectivity index (χ3n) is 5.33. The SMILES string of the molecule is CC(C)[C@@H](NC(=O)c1ccccc1)c1nc2ccccc2n1Cc1c(F)cccc1Cl. The molecule has 1 aromatic heterocycles. The van der Waals surface area contributed by atoms with Gasteiger partial charge in [0.05, 0.1) is 23.6 Å². The molecule has 0 unspecified atom stereocenters. The van der Waals surface area contributed by atoms with Crippen LogP contribution in [0.3, 0.4) is 0 Å². The van der Waals surface area contributed by atoms with Crippen LogP contribution in [-0.4, -0.2) is 15.5 Å². The van der Waals surface area contributed by atoms with Gasteiger partial charge in [-0.05, 0) is 42.3 Å². The third-order valence-corrected chi connectivity index (χ3v) is 5.68. The second kappa shape index (κ2) is 8.90. The quantitative estimate of drug-likeness (QED) is 0.403. The first-order valence-electron chi connectivity index (χ1n) is 10.2. The maximum Gasteiger partial charge on any atom is 0.251 e. The van der Waals surface area contributed by atoms with Gasteiger partial charge in [-0.2, -0.15) is 0 Å². The normalized spacial score (nSPS) is 12.3. The van der Waals surface area contributed by atoms with Gasteiger partial charge in [0.15, 0.2) is 0 Å². The minimum Gasteiger partial charge on any atom is -0.342 e. The lowest BCUT2D eigenvalue weighted by atomic mass is 10.0. The van der Waals surface area contributed by atoms with E-state index in [1.165, 1.54) is 6.07 Å². The monoisotopic (exact) mass is 435 g/mol. The van der Waals surface area contributed by atoms with E-state index in [9.17, 15) is 9.18 Å². The Morgan fingerprint density at radius 1 is 1.03 bits per heavy atom. The van der Waals surface area contributed by atoms with Gasteiger partial charge in [-0.25, -0.2) is 9.37 Å². The smallest absolute Gasteiger partial charge is 0.251 e. The lowest BCUT2D eigenvalue weighted by molar-refractivity contribution is 0.0922. The van der Waals surface area contributed by atoms with Crippen LogP contribution in [0.1, 0.15) is 41.6 Å². The van der Waals surface area contributed by atoms with Crippen LogP contribution in [0.4, 0.5) is 4.39 Å². The number of halogens is 2. The van der Waals surface area contributed by atoms with Gasteiger partial charge < -0.3 is 9.88 Å². The summed E-state index contributed by atoms with van der Waals surface area (Å²) < 4.78 is 16.5. The van der Waals surface area contributed by atoms with Crippen LogP contribution >= 0.6 is 11.6 Å². The Balaban J connectivity index is 1.79. The number of benzene rings is 3. The average Bonchev–Trinajstić information content (AvgIpc) is 3.13. The molecule has 4 nitrogen and oxygen atoms in total. The molecule has 4 rings (SSSR count). The van der Waals surface area contributed by atoms with Crippen molar-refractivity contribution >= 4 is 28.5 Å². The highest BCUT2D eigenvalue weighted by Crippen LogP contribution is 2.29. The van der Waals surface area contributed by atoms with E-state index >= 15 is 0 Å². The standard InChI is InChI=1S/C25H23ClFN3O/c1-16(2)23(29-25(31)17-9-4-3-5-10-17)24-28-21-13-6-7-14-22(21)30(24)15-18-19(26)11-8-12-20(18)27/h3-14,16,23H,15H2,1-2H3,(H,29,31)/t23-/m1/s1. The Hall–Kier alpha value is -3.18. The van der Waals surface area contributed by atoms with Crippen molar-refractivity contribution in [3.63, 3.8) is 0 Å². The number of carbonyl (C=O) groups is 1. The summed E-state index contributed by atoms with van der Waals surface area (Å²) in [7, 11) is 0. The van der Waals surface area contributed by atoms with Crippen molar-refractivity contribution in [2.24, 2.45) is 5.92 Å². The molecular weight excluding hydrogens is 413 g/mol. The fraction of sp³-hybridized carbons (Fsp3) is 0.200. The summed E-state index contributed by atoms with van der Waals surface area (Å²) in [6.07, 6.45) is 0. The number of hydrogen-bond acceptors (Lipinski definition) is 2. The Morgan fingerprint density at radius 3 is 2.45 bits per heavy atom. The summed E-state index contributed by atoms with van der Waals surface area (Å²) in [6, 6.07) is 21.0. The first-order valence-corrected chi connectivity index (χ1v) is 10.6. The molecule has 0 aliphatic rings. The number of carbonyl (C=O) groups excluding carboxylic acids is 1. The van der Waals surface area contributed by atoms with Crippen LogP contribution in [-0.2, 0) is 6.54 Å². The van der Waals surface area contributed by atoms with Crippen molar-refractivity contribution in [3.8, 4) is 0 Å². The second-order valence-electron chi connectivity index (χ2n) is 7.81. The predicted octanol–water partition coefficient (Wildman–Crippen LogP) is 6.00. The van der Waals surface area contributed by atoms with E-state index in [0.717, 1.165) is 11.0 Å². The topological polar surface area (TPSA) is 46.9 Å². The summed E-state index contributed by atoms with van der Waals surface area (Å²) in [5.74, 6) is 0.173. The number of para-hydroxylation sites is 2. The maximum absolute atomic E-state index is 14.6. The average molecular weight is 436 g/mol. The van der Waals surface area contributed by atoms with E-state index in [1.807, 2.05) is 60.9 Å². The molecule has 0 bridgehead atoms. The highest BCUT2D eigenvalue weighted by Gasteiger charge is 2.26. The van der Waals surface area contributed by atoms with Gasteiger partial charge in [-0.3, -0.25) is 4.79 Å². The number of fused-ring (bicyclic) bond motifs is 1. The first kappa shape index (κ1) is 21.1. The molecule has 0 spiro atoms. The van der Waals surface area contributed by atoms with Crippen molar-refractivity contribution in [3.05, 3.63) is 101 Å². The predicted molar refractivity (Wildman–Crippen MR) is 122 cm³/mol. The summed E-state index contributed by atoms with van der Waals surface area (Å²) >= 11 is 6.31. The first-order chi connectivity index (χ1) is 15.0. The number of imidazole rings is 1. The fourth-order valence-electron chi connectivity index (χ4n) is 3.68. The van der Waals surface area contributed by atoms with Gasteiger partial charge in [-0.1, -0.05) is 61.8 Å². The molecule has 1 N–H and O–H groups in total. The summed E-state index contributed by atoms with van der Waals surface area (Å²) in [6.45, 7) is 4.26. The number of rotatable bonds is 6. The van der Waals surface area contributed by atoms with E-state index in [0.29, 0.717) is 22.0 Å². The summed E-state index contributed by atoms with van der Waals surface area (Å²) in [5, 5.41) is 3.48. The molecule has 1 atom stereocenters. The van der Waals surface area contributed by atoms with Gasteiger partial charge in [0.1, 0.15) is 11.6 Å². The maximum atomic E-state index is 14.6. The molecule has 0 radical (unpaired) electrons. The molecule has 1 amide bonds. The lowest BCUT2D eigenvalue weighted by Crippen LogP contribution is -2.34. The van der Waals surface area contributed by atoms with Crippen LogP contribution in [0.5, 0.6) is 0 Å². The van der Waals surface area contributed by atoms with Crippen molar-refractivity contribution in [1.29, 1.82) is 0 Å². The zero-order valence-corrected chi connectivity index (χ0v) is 18.1. The molecule has 31 heavy (non-hydrogen) atoms. The fourth-order valence-corrected chi connectivity index (χ4v) is 3.91. The number of aromatic nitrogens is 2. The van der Waals surface area contributed by atoms with E-state index in [-0.39, 0.29) is 30.2 Å². The number of amides is 1. The van der Waals surface area contributed by atoms with Crippen molar-refractivity contribution in [1.82, 2.24) is 14.9 Å². The minimum absolute atomic E-state index is 0.0549. The number of nitrogens with zero attached hydrogens (tertiary/aromatic N) is 2. The molecule has 0 saturated carbocycles. The Morgan fingerprint density at radius 2 is 1.74 bits per heavy atom. The van der Waals surface area contributed by atoms with Gasteiger partial charge in [0.25, 0.3) is 5.91 Å². The molecule has 0 fully saturated rings. The van der Waals surface area contributed by atoms with Crippen LogP contribution in [0.25, 0.3) is 11.0 Å². The largest absolute Gasteiger partial charge is 0.342 e. The van der Waals surface area contributed by atoms with Gasteiger partial charge in [-0.15, -0.1) is 0 Å². The number of nitrogens with one attached hydrogen (secondary N) is 1. The molecule has 0 aliphatic heterocycles. The zero-order chi connectivity index (χ0) is 22.0. The van der Waals surface area contributed by atoms with E-state index in [1.54, 1.807) is 24.3 Å². The van der Waals surface area contributed by atoms with Crippen LogP contribution in [0, 0.1) is 11.7 Å². The summed E-state index contributed by atoms with van der Waals surface area (Å²) in [5.41, 5.74) is 2.61. The van der Waals surface area contributed by atoms with Gasteiger partial charge >= 0.3 is 0 Å². The third kappa shape index (κ3) is 4.32. The van der Waals surface area contributed by atoms with E-state index in [2.05, 4.69) is 5.32 Å². The van der Waals surface area contributed by atoms with Crippen LogP contribution in [0.2, 0.25) is 5.02 Å². The van der Waals surface area contributed by atoms with E-state index < -0.39 is 0 Å². The molecule has 3 aromatic carbocycles. The second-order valence-corrected chi connectivity index (χ2v) is 8.21. The molecule has 0 saturated heterocycles. The van der Waals surface area contributed by atoms with Crippen LogP contribution < -0.4 is 5.32 Å². The Bertz CT molecular complexity index is 1200. The Kier molecular flexibility index (Phi) is 6.05. The lowest BCUT2D eigenvalue weighted by Gasteiger charge is -2.24. The minimum atomic E-state index is -0.370. The zero-order valence-electron chi connectivity index (χ0n) is 17.3. The van der Waals surface area contributed by atoms with E-state index in [4.69, 9.17) is 16.6 Å². The van der Waals surface area contributed by atoms with Crippen LogP contribution in [0.15, 0.2) is 72.8 Å². The molecule has 1 heterocycles. The van der Waals surface area contributed by atoms with Gasteiger partial charge in [0.2, 0.25) is 0 Å². The molecule has 0 aliphatic carbocycles. The van der Waals surface area contributed by atoms with Crippen molar-refractivity contribution in [2.75, 3.05) is 0 Å². The molecular formula is C25H23ClFN3O. The highest BCUT2D eigenvalue weighted by molar-refractivity contribution is 6.31. The summed E-state index contributed by atoms with van der Waals surface area (Å²) in [4.78, 5) is 17.7. The van der Waals surface area contributed by atoms with Crippen molar-refractivity contribution < 1.29 is 9.18 Å². The Labute approximate surface area is 185 Å². The van der Waals surface area contributed by atoms with Gasteiger partial charge in [0, 0.05) is 16.1 Å². The molecule has 6 heteroatoms. The molecule has 4 aromatic rings. The highest BCUT2D eigenvalue weighted by atomic mass is 35.5. The number of hydrogen-bond donors (Lipinski definition) is 1.